The van der Waals surface area contributed by atoms with Crippen molar-refractivity contribution in [3.05, 3.63) is 65.7 Å². The number of carbonyl (C=O) groups excluding carboxylic acids is 1. The van der Waals surface area contributed by atoms with Gasteiger partial charge >= 0.3 is 5.97 Å². The molecule has 0 spiro atoms. The van der Waals surface area contributed by atoms with Gasteiger partial charge in [-0.05, 0) is 24.1 Å². The number of carboxylic acids is 1. The molecule has 1 saturated heterocycles. The highest BCUT2D eigenvalue weighted by Gasteiger charge is 2.32. The zero-order chi connectivity index (χ0) is 18.5. The van der Waals surface area contributed by atoms with Crippen molar-refractivity contribution in [2.24, 2.45) is 5.92 Å². The van der Waals surface area contributed by atoms with Crippen molar-refractivity contribution in [3.63, 3.8) is 0 Å². The molecule has 0 saturated carbocycles. The van der Waals surface area contributed by atoms with Crippen molar-refractivity contribution in [3.8, 4) is 5.75 Å². The molecule has 0 aromatic heterocycles. The highest BCUT2D eigenvalue weighted by molar-refractivity contribution is 6.24. The number of para-hydroxylation sites is 1. The van der Waals surface area contributed by atoms with Crippen LogP contribution >= 0.6 is 0 Å². The third-order valence-electron chi connectivity index (χ3n) is 4.58. The van der Waals surface area contributed by atoms with Gasteiger partial charge in [0, 0.05) is 24.2 Å². The smallest absolute Gasteiger partial charge is 0.308 e. The first kappa shape index (κ1) is 17.7. The van der Waals surface area contributed by atoms with Gasteiger partial charge in [0.25, 0.3) is 5.91 Å². The van der Waals surface area contributed by atoms with E-state index in [2.05, 4.69) is 0 Å². The van der Waals surface area contributed by atoms with E-state index in [0.29, 0.717) is 24.3 Å². The van der Waals surface area contributed by atoms with Gasteiger partial charge in [-0.25, -0.2) is 0 Å². The predicted octanol–water partition coefficient (Wildman–Crippen LogP) is 3.17. The first-order valence-electron chi connectivity index (χ1n) is 8.52. The number of ether oxygens (including phenoxy) is 1. The van der Waals surface area contributed by atoms with Gasteiger partial charge in [-0.2, -0.15) is 0 Å². The van der Waals surface area contributed by atoms with E-state index in [1.807, 2.05) is 60.7 Å². The Morgan fingerprint density at radius 3 is 2.46 bits per heavy atom. The van der Waals surface area contributed by atoms with Gasteiger partial charge in [-0.3, -0.25) is 9.59 Å². The topological polar surface area (TPSA) is 66.8 Å². The van der Waals surface area contributed by atoms with Crippen LogP contribution in [0.15, 0.2) is 54.6 Å². The second-order valence-corrected chi connectivity index (χ2v) is 6.24. The van der Waals surface area contributed by atoms with Gasteiger partial charge in [0.2, 0.25) is 0 Å². The molecule has 1 aliphatic rings. The summed E-state index contributed by atoms with van der Waals surface area (Å²) in [5.41, 5.74) is 2.12. The quantitative estimate of drug-likeness (QED) is 0.664. The van der Waals surface area contributed by atoms with Crippen molar-refractivity contribution < 1.29 is 19.4 Å². The number of hydrogen-bond acceptors (Lipinski definition) is 3. The summed E-state index contributed by atoms with van der Waals surface area (Å²) < 4.78 is 5.39. The zero-order valence-corrected chi connectivity index (χ0v) is 14.6. The molecule has 26 heavy (non-hydrogen) atoms. The summed E-state index contributed by atoms with van der Waals surface area (Å²) in [6.07, 6.45) is 2.29. The van der Waals surface area contributed by atoms with Crippen LogP contribution in [0.5, 0.6) is 5.75 Å². The number of hydrogen-bond donors (Lipinski definition) is 1. The van der Waals surface area contributed by atoms with Gasteiger partial charge < -0.3 is 14.7 Å². The molecule has 2 aromatic rings. The summed E-state index contributed by atoms with van der Waals surface area (Å²) in [4.78, 5) is 26.0. The van der Waals surface area contributed by atoms with E-state index < -0.39 is 11.9 Å². The SMILES string of the molecule is COc1ccccc1C=C(C(=O)N1CCC(C(=O)O)C1)c1ccccc1. The normalized spacial score (nSPS) is 17.2. The molecule has 1 heterocycles. The van der Waals surface area contributed by atoms with Gasteiger partial charge in [0.1, 0.15) is 5.75 Å². The van der Waals surface area contributed by atoms with E-state index in [1.54, 1.807) is 12.0 Å². The Morgan fingerprint density at radius 2 is 1.81 bits per heavy atom. The molecule has 0 aliphatic carbocycles. The molecular formula is C21H21NO4. The summed E-state index contributed by atoms with van der Waals surface area (Å²) in [6.45, 7) is 0.691. The molecule has 0 radical (unpaired) electrons. The summed E-state index contributed by atoms with van der Waals surface area (Å²) in [5.74, 6) is -0.832. The maximum atomic E-state index is 13.1. The van der Waals surface area contributed by atoms with Crippen LogP contribution in [-0.2, 0) is 9.59 Å². The monoisotopic (exact) mass is 351 g/mol. The molecule has 1 N–H and O–H groups in total. The number of carboxylic acid groups (broad SMARTS) is 1. The molecule has 1 atom stereocenters. The van der Waals surface area contributed by atoms with Crippen molar-refractivity contribution in [2.75, 3.05) is 20.2 Å². The molecule has 1 unspecified atom stereocenters. The van der Waals surface area contributed by atoms with Gasteiger partial charge in [0.05, 0.1) is 13.0 Å². The lowest BCUT2D eigenvalue weighted by molar-refractivity contribution is -0.141. The maximum absolute atomic E-state index is 13.1. The van der Waals surface area contributed by atoms with E-state index in [1.165, 1.54) is 0 Å². The molecule has 3 rings (SSSR count). The highest BCUT2D eigenvalue weighted by atomic mass is 16.5. The van der Waals surface area contributed by atoms with E-state index in [9.17, 15) is 14.7 Å². The number of rotatable bonds is 5. The first-order chi connectivity index (χ1) is 12.6. The molecule has 1 amide bonds. The lowest BCUT2D eigenvalue weighted by Crippen LogP contribution is -2.30. The number of methoxy groups -OCH3 is 1. The minimum atomic E-state index is -0.852. The fourth-order valence-corrected chi connectivity index (χ4v) is 3.14. The van der Waals surface area contributed by atoms with Crippen LogP contribution < -0.4 is 4.74 Å². The summed E-state index contributed by atoms with van der Waals surface area (Å²) in [7, 11) is 1.59. The number of carbonyl (C=O) groups is 2. The highest BCUT2D eigenvalue weighted by Crippen LogP contribution is 2.28. The van der Waals surface area contributed by atoms with E-state index in [0.717, 1.165) is 11.1 Å². The van der Waals surface area contributed by atoms with Crippen LogP contribution in [0.25, 0.3) is 11.6 Å². The average molecular weight is 351 g/mol. The average Bonchev–Trinajstić information content (AvgIpc) is 3.17. The number of nitrogens with zero attached hydrogens (tertiary/aromatic N) is 1. The second kappa shape index (κ2) is 7.87. The minimum absolute atomic E-state index is 0.161. The Morgan fingerprint density at radius 1 is 1.12 bits per heavy atom. The van der Waals surface area contributed by atoms with Crippen molar-refractivity contribution in [2.45, 2.75) is 6.42 Å². The molecule has 2 aromatic carbocycles. The van der Waals surface area contributed by atoms with E-state index in [-0.39, 0.29) is 12.5 Å². The van der Waals surface area contributed by atoms with Crippen LogP contribution in [0.3, 0.4) is 0 Å². The van der Waals surface area contributed by atoms with Crippen LogP contribution in [0.1, 0.15) is 17.5 Å². The molecule has 0 bridgehead atoms. The number of likely N-dealkylation sites (tertiary alicyclic amines) is 1. The zero-order valence-electron chi connectivity index (χ0n) is 14.6. The fraction of sp³-hybridized carbons (Fsp3) is 0.238. The molecule has 5 nitrogen and oxygen atoms in total. The fourth-order valence-electron chi connectivity index (χ4n) is 3.14. The van der Waals surface area contributed by atoms with Crippen molar-refractivity contribution in [1.29, 1.82) is 0 Å². The standard InChI is InChI=1S/C21H21NO4/c1-26-19-10-6-5-9-16(19)13-18(15-7-3-2-4-8-15)20(23)22-12-11-17(14-22)21(24)25/h2-10,13,17H,11-12,14H2,1H3,(H,24,25). The number of benzene rings is 2. The van der Waals surface area contributed by atoms with Crippen molar-refractivity contribution >= 4 is 23.5 Å². The molecular weight excluding hydrogens is 330 g/mol. The third kappa shape index (κ3) is 3.77. The molecule has 134 valence electrons. The van der Waals surface area contributed by atoms with E-state index >= 15 is 0 Å². The van der Waals surface area contributed by atoms with Crippen LogP contribution in [0.2, 0.25) is 0 Å². The molecule has 1 fully saturated rings. The van der Waals surface area contributed by atoms with E-state index in [4.69, 9.17) is 4.74 Å². The maximum Gasteiger partial charge on any atom is 0.308 e. The Bertz CT molecular complexity index is 829. The number of aliphatic carboxylic acids is 1. The molecule has 5 heteroatoms. The Balaban J connectivity index is 1.98. The van der Waals surface area contributed by atoms with Crippen molar-refractivity contribution in [1.82, 2.24) is 4.90 Å². The Kier molecular flexibility index (Phi) is 5.37. The minimum Gasteiger partial charge on any atom is -0.496 e. The van der Waals surface area contributed by atoms with Crippen LogP contribution in [-0.4, -0.2) is 42.1 Å². The van der Waals surface area contributed by atoms with Gasteiger partial charge in [0.15, 0.2) is 0 Å². The van der Waals surface area contributed by atoms with Crippen LogP contribution in [0, 0.1) is 5.92 Å². The van der Waals surface area contributed by atoms with Gasteiger partial charge in [-0.1, -0.05) is 48.5 Å². The summed E-state index contributed by atoms with van der Waals surface area (Å²) >= 11 is 0. The first-order valence-corrected chi connectivity index (χ1v) is 8.52. The van der Waals surface area contributed by atoms with Crippen LogP contribution in [0.4, 0.5) is 0 Å². The predicted molar refractivity (Wildman–Crippen MR) is 99.6 cm³/mol. The summed E-state index contributed by atoms with van der Waals surface area (Å²) in [6, 6.07) is 16.9. The van der Waals surface area contributed by atoms with Gasteiger partial charge in [-0.15, -0.1) is 0 Å². The lowest BCUT2D eigenvalue weighted by atomic mass is 10.0. The Hall–Kier alpha value is -3.08. The Labute approximate surface area is 152 Å². The molecule has 1 aliphatic heterocycles. The second-order valence-electron chi connectivity index (χ2n) is 6.24. The number of amides is 1. The third-order valence-corrected chi connectivity index (χ3v) is 4.58. The summed E-state index contributed by atoms with van der Waals surface area (Å²) in [5, 5.41) is 9.20. The lowest BCUT2D eigenvalue weighted by Gasteiger charge is -2.19. The largest absolute Gasteiger partial charge is 0.496 e.